The molecular formula is C10H13NO3. The van der Waals surface area contributed by atoms with Crippen LogP contribution in [0.4, 0.5) is 0 Å². The van der Waals surface area contributed by atoms with Crippen LogP contribution in [0.2, 0.25) is 0 Å². The lowest BCUT2D eigenvalue weighted by atomic mass is 10.2. The van der Waals surface area contributed by atoms with Crippen LogP contribution < -0.4 is 0 Å². The average Bonchev–Trinajstić information content (AvgIpc) is 2.15. The van der Waals surface area contributed by atoms with E-state index in [1.54, 1.807) is 6.92 Å². The molecule has 1 atom stereocenters. The zero-order chi connectivity index (χ0) is 10.4. The largest absolute Gasteiger partial charge is 0.367 e. The first-order valence-corrected chi connectivity index (χ1v) is 4.46. The van der Waals surface area contributed by atoms with E-state index < -0.39 is 0 Å². The number of hydrogen-bond donors (Lipinski definition) is 0. The molecule has 0 bridgehead atoms. The molecule has 0 aliphatic carbocycles. The van der Waals surface area contributed by atoms with E-state index in [0.29, 0.717) is 6.61 Å². The summed E-state index contributed by atoms with van der Waals surface area (Å²) < 4.78 is 5.30. The number of rotatable bonds is 5. The van der Waals surface area contributed by atoms with Crippen LogP contribution in [0.15, 0.2) is 30.3 Å². The standard InChI is InChI=1S/C10H13NO3/c1-9(7-11(12)13)14-8-10-5-3-2-4-6-10/h2-6,9H,7-8H2,1H3/t9-/m0/s1. The summed E-state index contributed by atoms with van der Waals surface area (Å²) in [5.74, 6) is 0. The van der Waals surface area contributed by atoms with Gasteiger partial charge >= 0.3 is 0 Å². The van der Waals surface area contributed by atoms with Gasteiger partial charge in [-0.1, -0.05) is 30.3 Å². The fourth-order valence-corrected chi connectivity index (χ4v) is 1.08. The Kier molecular flexibility index (Phi) is 4.07. The molecule has 0 aromatic heterocycles. The second-order valence-electron chi connectivity index (χ2n) is 3.12. The van der Waals surface area contributed by atoms with E-state index in [9.17, 15) is 10.1 Å². The van der Waals surface area contributed by atoms with Crippen molar-refractivity contribution in [3.8, 4) is 0 Å². The van der Waals surface area contributed by atoms with E-state index in [2.05, 4.69) is 0 Å². The Morgan fingerprint density at radius 2 is 2.07 bits per heavy atom. The van der Waals surface area contributed by atoms with Crippen molar-refractivity contribution >= 4 is 0 Å². The molecule has 14 heavy (non-hydrogen) atoms. The summed E-state index contributed by atoms with van der Waals surface area (Å²) in [4.78, 5) is 9.78. The molecule has 0 saturated carbocycles. The molecule has 0 heterocycles. The number of benzene rings is 1. The summed E-state index contributed by atoms with van der Waals surface area (Å²) in [6, 6.07) is 9.61. The molecule has 0 unspecified atom stereocenters. The maximum absolute atomic E-state index is 10.1. The lowest BCUT2D eigenvalue weighted by Gasteiger charge is -2.08. The number of nitro groups is 1. The highest BCUT2D eigenvalue weighted by atomic mass is 16.6. The fourth-order valence-electron chi connectivity index (χ4n) is 1.08. The molecule has 4 heteroatoms. The van der Waals surface area contributed by atoms with Crippen molar-refractivity contribution in [2.45, 2.75) is 19.6 Å². The Morgan fingerprint density at radius 1 is 1.43 bits per heavy atom. The van der Waals surface area contributed by atoms with Crippen LogP contribution in [0.5, 0.6) is 0 Å². The van der Waals surface area contributed by atoms with Gasteiger partial charge in [-0.3, -0.25) is 10.1 Å². The van der Waals surface area contributed by atoms with E-state index in [4.69, 9.17) is 4.74 Å². The van der Waals surface area contributed by atoms with Gasteiger partial charge in [-0.25, -0.2) is 0 Å². The third-order valence-electron chi connectivity index (χ3n) is 1.78. The van der Waals surface area contributed by atoms with E-state index in [1.807, 2.05) is 30.3 Å². The van der Waals surface area contributed by atoms with Gasteiger partial charge in [-0.15, -0.1) is 0 Å². The Labute approximate surface area is 82.7 Å². The summed E-state index contributed by atoms with van der Waals surface area (Å²) >= 11 is 0. The van der Waals surface area contributed by atoms with Gasteiger partial charge in [0.05, 0.1) is 6.61 Å². The zero-order valence-electron chi connectivity index (χ0n) is 8.05. The summed E-state index contributed by atoms with van der Waals surface area (Å²) in [7, 11) is 0. The first-order chi connectivity index (χ1) is 6.68. The molecule has 0 amide bonds. The van der Waals surface area contributed by atoms with Crippen LogP contribution >= 0.6 is 0 Å². The Morgan fingerprint density at radius 3 is 2.64 bits per heavy atom. The molecule has 1 rings (SSSR count). The number of hydrogen-bond acceptors (Lipinski definition) is 3. The van der Waals surface area contributed by atoms with E-state index >= 15 is 0 Å². The van der Waals surface area contributed by atoms with Gasteiger partial charge in [0.2, 0.25) is 6.54 Å². The van der Waals surface area contributed by atoms with Crippen LogP contribution in [0.1, 0.15) is 12.5 Å². The van der Waals surface area contributed by atoms with Crippen molar-refractivity contribution in [1.82, 2.24) is 0 Å². The molecule has 0 N–H and O–H groups in total. The van der Waals surface area contributed by atoms with E-state index in [0.717, 1.165) is 5.56 Å². The second-order valence-corrected chi connectivity index (χ2v) is 3.12. The Hall–Kier alpha value is -1.42. The minimum atomic E-state index is -0.365. The predicted octanol–water partition coefficient (Wildman–Crippen LogP) is 1.87. The minimum Gasteiger partial charge on any atom is -0.367 e. The molecule has 0 spiro atoms. The maximum Gasteiger partial charge on any atom is 0.229 e. The first-order valence-electron chi connectivity index (χ1n) is 4.46. The summed E-state index contributed by atoms with van der Waals surface area (Å²) in [6.45, 7) is 1.98. The van der Waals surface area contributed by atoms with E-state index in [-0.39, 0.29) is 17.6 Å². The number of ether oxygens (including phenoxy) is 1. The summed E-state index contributed by atoms with van der Waals surface area (Å²) in [5, 5.41) is 10.1. The molecule has 0 aliphatic rings. The molecule has 4 nitrogen and oxygen atoms in total. The van der Waals surface area contributed by atoms with E-state index in [1.165, 1.54) is 0 Å². The summed E-state index contributed by atoms with van der Waals surface area (Å²) in [5.41, 5.74) is 1.03. The molecule has 1 aromatic carbocycles. The van der Waals surface area contributed by atoms with Crippen molar-refractivity contribution in [2.24, 2.45) is 0 Å². The van der Waals surface area contributed by atoms with Gasteiger partial charge in [-0.2, -0.15) is 0 Å². The SMILES string of the molecule is C[C@@H](C[N+](=O)[O-])OCc1ccccc1. The topological polar surface area (TPSA) is 52.4 Å². The Balaban J connectivity index is 2.30. The van der Waals surface area contributed by atoms with Crippen LogP contribution in [0.3, 0.4) is 0 Å². The monoisotopic (exact) mass is 195 g/mol. The molecule has 76 valence electrons. The lowest BCUT2D eigenvalue weighted by molar-refractivity contribution is -0.491. The fraction of sp³-hybridized carbons (Fsp3) is 0.400. The van der Waals surface area contributed by atoms with Gasteiger partial charge in [0, 0.05) is 4.92 Å². The first kappa shape index (κ1) is 10.7. The average molecular weight is 195 g/mol. The van der Waals surface area contributed by atoms with Crippen LogP contribution in [0.25, 0.3) is 0 Å². The van der Waals surface area contributed by atoms with Gasteiger partial charge in [0.1, 0.15) is 6.10 Å². The smallest absolute Gasteiger partial charge is 0.229 e. The van der Waals surface area contributed by atoms with Gasteiger partial charge in [-0.05, 0) is 12.5 Å². The predicted molar refractivity (Wildman–Crippen MR) is 52.6 cm³/mol. The second kappa shape index (κ2) is 5.34. The van der Waals surface area contributed by atoms with Crippen molar-refractivity contribution in [1.29, 1.82) is 0 Å². The van der Waals surface area contributed by atoms with Crippen molar-refractivity contribution in [2.75, 3.05) is 6.54 Å². The van der Waals surface area contributed by atoms with Crippen molar-refractivity contribution < 1.29 is 9.66 Å². The highest BCUT2D eigenvalue weighted by molar-refractivity contribution is 5.13. The minimum absolute atomic E-state index is 0.146. The highest BCUT2D eigenvalue weighted by Gasteiger charge is 2.08. The molecule has 0 saturated heterocycles. The molecule has 0 fully saturated rings. The van der Waals surface area contributed by atoms with Crippen LogP contribution in [0, 0.1) is 10.1 Å². The van der Waals surface area contributed by atoms with Crippen molar-refractivity contribution in [3.05, 3.63) is 46.0 Å². The van der Waals surface area contributed by atoms with Crippen LogP contribution in [-0.2, 0) is 11.3 Å². The Bertz CT molecular complexity index is 287. The third kappa shape index (κ3) is 4.00. The number of nitrogens with zero attached hydrogens (tertiary/aromatic N) is 1. The zero-order valence-corrected chi connectivity index (χ0v) is 8.05. The lowest BCUT2D eigenvalue weighted by Crippen LogP contribution is -2.19. The normalized spacial score (nSPS) is 12.4. The quantitative estimate of drug-likeness (QED) is 0.532. The highest BCUT2D eigenvalue weighted by Crippen LogP contribution is 2.03. The molecular weight excluding hydrogens is 182 g/mol. The molecule has 0 radical (unpaired) electrons. The third-order valence-corrected chi connectivity index (χ3v) is 1.78. The maximum atomic E-state index is 10.1. The van der Waals surface area contributed by atoms with Crippen LogP contribution in [-0.4, -0.2) is 17.6 Å². The summed E-state index contributed by atoms with van der Waals surface area (Å²) in [6.07, 6.45) is -0.342. The molecule has 0 aliphatic heterocycles. The molecule has 1 aromatic rings. The van der Waals surface area contributed by atoms with Crippen molar-refractivity contribution in [3.63, 3.8) is 0 Å². The van der Waals surface area contributed by atoms with Gasteiger partial charge in [0.15, 0.2) is 0 Å². The van der Waals surface area contributed by atoms with Gasteiger partial charge < -0.3 is 4.74 Å². The van der Waals surface area contributed by atoms with Gasteiger partial charge in [0.25, 0.3) is 0 Å².